The van der Waals surface area contributed by atoms with Crippen LogP contribution in [0.1, 0.15) is 9.49 Å². The van der Waals surface area contributed by atoms with Crippen molar-refractivity contribution in [1.82, 2.24) is 0 Å². The molecule has 12 heavy (non-hydrogen) atoms. The van der Waals surface area contributed by atoms with Crippen LogP contribution in [-0.4, -0.2) is 22.9 Å². The molecule has 1 aromatic carbocycles. The molecule has 0 amide bonds. The highest BCUT2D eigenvalue weighted by Crippen LogP contribution is 2.26. The van der Waals surface area contributed by atoms with E-state index in [1.54, 1.807) is 0 Å². The van der Waals surface area contributed by atoms with E-state index in [9.17, 15) is 5.11 Å². The molecule has 0 unspecified atom stereocenters. The minimum absolute atomic E-state index is 0.0335. The van der Waals surface area contributed by atoms with Crippen LogP contribution in [0.4, 0.5) is 0 Å². The lowest BCUT2D eigenvalue weighted by atomic mass is 10.1. The largest absolute Gasteiger partial charge is 0.394 e. The first-order chi connectivity index (χ1) is 5.75. The van der Waals surface area contributed by atoms with E-state index in [-0.39, 0.29) is 10.5 Å². The maximum absolute atomic E-state index is 9.32. The molecule has 0 bridgehead atoms. The van der Waals surface area contributed by atoms with E-state index in [1.807, 2.05) is 30.3 Å². The van der Waals surface area contributed by atoms with Crippen LogP contribution in [0.3, 0.4) is 0 Å². The number of rotatable bonds is 3. The van der Waals surface area contributed by atoms with Gasteiger partial charge in [-0.1, -0.05) is 52.9 Å². The van der Waals surface area contributed by atoms with Gasteiger partial charge in [0.2, 0.25) is 0 Å². The number of aliphatic hydroxyl groups excluding tert-OH is 2. The van der Waals surface area contributed by atoms with Gasteiger partial charge in [0.15, 0.2) is 0 Å². The van der Waals surface area contributed by atoms with Gasteiger partial charge in [-0.05, 0) is 5.56 Å². The summed E-state index contributed by atoms with van der Waals surface area (Å²) >= 11 is 2.12. The Morgan fingerprint density at radius 1 is 1.25 bits per heavy atom. The second kappa shape index (κ2) is 4.79. The van der Waals surface area contributed by atoms with Crippen molar-refractivity contribution in [2.24, 2.45) is 0 Å². The van der Waals surface area contributed by atoms with Gasteiger partial charge >= 0.3 is 0 Å². The first-order valence-corrected chi connectivity index (χ1v) is 4.98. The molecule has 1 aromatic rings. The topological polar surface area (TPSA) is 40.5 Å². The monoisotopic (exact) mass is 278 g/mol. The molecule has 2 N–H and O–H groups in total. The molecule has 0 saturated heterocycles. The molecule has 0 aliphatic carbocycles. The third-order valence-electron chi connectivity index (χ3n) is 1.64. The summed E-state index contributed by atoms with van der Waals surface area (Å²) in [7, 11) is 0. The Hall–Kier alpha value is -0.130. The van der Waals surface area contributed by atoms with E-state index in [0.717, 1.165) is 5.56 Å². The van der Waals surface area contributed by atoms with Gasteiger partial charge in [0.25, 0.3) is 0 Å². The molecular formula is C9H11IO2. The molecule has 2 atom stereocenters. The normalized spacial score (nSPS) is 15.6. The number of alkyl halides is 1. The van der Waals surface area contributed by atoms with E-state index in [2.05, 4.69) is 22.6 Å². The molecule has 0 spiro atoms. The van der Waals surface area contributed by atoms with Crippen molar-refractivity contribution in [2.45, 2.75) is 10.0 Å². The zero-order valence-corrected chi connectivity index (χ0v) is 8.68. The fraction of sp³-hybridized carbons (Fsp3) is 0.333. The van der Waals surface area contributed by atoms with Crippen LogP contribution < -0.4 is 0 Å². The summed E-state index contributed by atoms with van der Waals surface area (Å²) in [6.45, 7) is -0.192. The van der Waals surface area contributed by atoms with Gasteiger partial charge in [-0.2, -0.15) is 0 Å². The van der Waals surface area contributed by atoms with Gasteiger partial charge in [-0.3, -0.25) is 0 Å². The van der Waals surface area contributed by atoms with Gasteiger partial charge in [-0.25, -0.2) is 0 Å². The van der Waals surface area contributed by atoms with Crippen LogP contribution in [0.5, 0.6) is 0 Å². The van der Waals surface area contributed by atoms with E-state index >= 15 is 0 Å². The van der Waals surface area contributed by atoms with Crippen LogP contribution in [-0.2, 0) is 0 Å². The van der Waals surface area contributed by atoms with Crippen molar-refractivity contribution < 1.29 is 10.2 Å². The molecule has 2 nitrogen and oxygen atoms in total. The Bertz CT molecular complexity index is 225. The van der Waals surface area contributed by atoms with Crippen LogP contribution >= 0.6 is 22.6 Å². The van der Waals surface area contributed by atoms with E-state index < -0.39 is 6.10 Å². The maximum atomic E-state index is 9.32. The summed E-state index contributed by atoms with van der Waals surface area (Å²) in [6.07, 6.45) is -0.673. The molecule has 0 fully saturated rings. The minimum atomic E-state index is -0.673. The molecular weight excluding hydrogens is 267 g/mol. The van der Waals surface area contributed by atoms with Crippen molar-refractivity contribution in [2.75, 3.05) is 6.61 Å². The number of benzene rings is 1. The van der Waals surface area contributed by atoms with Gasteiger partial charge in [0.05, 0.1) is 16.6 Å². The van der Waals surface area contributed by atoms with Crippen LogP contribution in [0, 0.1) is 0 Å². The second-order valence-electron chi connectivity index (χ2n) is 2.56. The molecule has 0 aromatic heterocycles. The Morgan fingerprint density at radius 2 is 1.83 bits per heavy atom. The first-order valence-electron chi connectivity index (χ1n) is 3.73. The van der Waals surface area contributed by atoms with E-state index in [0.29, 0.717) is 0 Å². The summed E-state index contributed by atoms with van der Waals surface area (Å²) in [5.41, 5.74) is 1.04. The highest BCUT2D eigenvalue weighted by atomic mass is 127. The summed E-state index contributed by atoms with van der Waals surface area (Å²) in [6, 6.07) is 9.65. The summed E-state index contributed by atoms with van der Waals surface area (Å²) in [4.78, 5) is 0. The van der Waals surface area contributed by atoms with Crippen molar-refractivity contribution in [3.63, 3.8) is 0 Å². The SMILES string of the molecule is OC[C@@H](O)[C@@H](I)c1ccccc1. The highest BCUT2D eigenvalue weighted by molar-refractivity contribution is 14.1. The zero-order chi connectivity index (χ0) is 8.97. The van der Waals surface area contributed by atoms with Crippen LogP contribution in [0.25, 0.3) is 0 Å². The molecule has 0 heterocycles. The third-order valence-corrected chi connectivity index (χ3v) is 3.19. The quantitative estimate of drug-likeness (QED) is 0.650. The Morgan fingerprint density at radius 3 is 2.33 bits per heavy atom. The molecule has 0 radical (unpaired) electrons. The molecule has 3 heteroatoms. The van der Waals surface area contributed by atoms with E-state index in [4.69, 9.17) is 5.11 Å². The predicted octanol–water partition coefficient (Wildman–Crippen LogP) is 1.52. The summed E-state index contributed by atoms with van der Waals surface area (Å²) in [5.74, 6) is 0. The second-order valence-corrected chi connectivity index (χ2v) is 3.90. The Kier molecular flexibility index (Phi) is 3.97. The highest BCUT2D eigenvalue weighted by Gasteiger charge is 2.15. The van der Waals surface area contributed by atoms with Gasteiger partial charge in [-0.15, -0.1) is 0 Å². The summed E-state index contributed by atoms with van der Waals surface area (Å²) < 4.78 is -0.0335. The van der Waals surface area contributed by atoms with Crippen LogP contribution in [0.15, 0.2) is 30.3 Å². The molecule has 0 saturated carbocycles. The lowest BCUT2D eigenvalue weighted by Crippen LogP contribution is -2.17. The lowest BCUT2D eigenvalue weighted by molar-refractivity contribution is 0.0965. The molecule has 1 rings (SSSR count). The lowest BCUT2D eigenvalue weighted by Gasteiger charge is -2.14. The standard InChI is InChI=1S/C9H11IO2/c10-9(8(12)6-11)7-4-2-1-3-5-7/h1-5,8-9,11-12H,6H2/t8-,9+/m1/s1. The minimum Gasteiger partial charge on any atom is -0.394 e. The fourth-order valence-corrected chi connectivity index (χ4v) is 1.59. The molecule has 0 aliphatic rings. The number of hydrogen-bond donors (Lipinski definition) is 2. The van der Waals surface area contributed by atoms with Gasteiger partial charge < -0.3 is 10.2 Å². The number of aliphatic hydroxyl groups is 2. The van der Waals surface area contributed by atoms with E-state index in [1.165, 1.54) is 0 Å². The average Bonchev–Trinajstić information content (AvgIpc) is 2.17. The molecule has 0 aliphatic heterocycles. The predicted molar refractivity (Wildman–Crippen MR) is 56.3 cm³/mol. The van der Waals surface area contributed by atoms with Crippen LogP contribution in [0.2, 0.25) is 0 Å². The van der Waals surface area contributed by atoms with Gasteiger partial charge in [0.1, 0.15) is 0 Å². The maximum Gasteiger partial charge on any atom is 0.0928 e. The Balaban J connectivity index is 2.71. The zero-order valence-electron chi connectivity index (χ0n) is 6.52. The van der Waals surface area contributed by atoms with Gasteiger partial charge in [0, 0.05) is 0 Å². The number of halogens is 1. The fourth-order valence-electron chi connectivity index (χ4n) is 0.952. The Labute approximate surface area is 85.4 Å². The van der Waals surface area contributed by atoms with Crippen molar-refractivity contribution >= 4 is 22.6 Å². The first kappa shape index (κ1) is 9.95. The van der Waals surface area contributed by atoms with Crippen molar-refractivity contribution in [3.8, 4) is 0 Å². The number of hydrogen-bond acceptors (Lipinski definition) is 2. The smallest absolute Gasteiger partial charge is 0.0928 e. The summed E-state index contributed by atoms with van der Waals surface area (Å²) in [5, 5.41) is 18.0. The van der Waals surface area contributed by atoms with Crippen molar-refractivity contribution in [3.05, 3.63) is 35.9 Å². The molecule has 66 valence electrons. The van der Waals surface area contributed by atoms with Crippen molar-refractivity contribution in [1.29, 1.82) is 0 Å². The third kappa shape index (κ3) is 2.43. The average molecular weight is 278 g/mol.